The Balaban J connectivity index is 1.66. The summed E-state index contributed by atoms with van der Waals surface area (Å²) in [5, 5.41) is 4.17. The first-order valence-electron chi connectivity index (χ1n) is 8.84. The monoisotopic (exact) mass is 349 g/mol. The van der Waals surface area contributed by atoms with Gasteiger partial charge in [-0.25, -0.2) is 4.98 Å². The van der Waals surface area contributed by atoms with Gasteiger partial charge >= 0.3 is 0 Å². The number of benzene rings is 1. The second-order valence-corrected chi connectivity index (χ2v) is 6.85. The highest BCUT2D eigenvalue weighted by atomic mass is 15.2. The van der Waals surface area contributed by atoms with Crippen molar-refractivity contribution in [3.05, 3.63) is 36.4 Å². The summed E-state index contributed by atoms with van der Waals surface area (Å²) in [6.07, 6.45) is 2.13. The fourth-order valence-corrected chi connectivity index (χ4v) is 3.29. The molecule has 1 aliphatic heterocycles. The highest BCUT2D eigenvalue weighted by Gasteiger charge is 2.18. The lowest BCUT2D eigenvalue weighted by Gasteiger charge is -2.29. The lowest BCUT2D eigenvalue weighted by molar-refractivity contribution is 0.263. The maximum absolute atomic E-state index is 6.14. The molecule has 1 aromatic carbocycles. The van der Waals surface area contributed by atoms with Crippen LogP contribution in [0.3, 0.4) is 0 Å². The molecule has 5 N–H and O–H groups in total. The van der Waals surface area contributed by atoms with E-state index in [1.807, 2.05) is 36.4 Å². The Bertz CT molecular complexity index is 932. The van der Waals surface area contributed by atoms with Gasteiger partial charge in [0, 0.05) is 17.3 Å². The first-order chi connectivity index (χ1) is 12.6. The highest BCUT2D eigenvalue weighted by molar-refractivity contribution is 5.88. The molecule has 1 fully saturated rings. The van der Waals surface area contributed by atoms with Crippen LogP contribution in [0.25, 0.3) is 22.3 Å². The summed E-state index contributed by atoms with van der Waals surface area (Å²) in [6.45, 7) is 2.14. The number of likely N-dealkylation sites (tertiary alicyclic amines) is 1. The molecule has 1 saturated heterocycles. The number of rotatable bonds is 3. The van der Waals surface area contributed by atoms with Gasteiger partial charge in [-0.05, 0) is 57.2 Å². The number of fused-ring (bicyclic) bond motifs is 1. The number of anilines is 3. The molecule has 0 saturated carbocycles. The molecule has 0 spiro atoms. The van der Waals surface area contributed by atoms with Crippen LogP contribution in [0.4, 0.5) is 17.5 Å². The number of pyridine rings is 1. The maximum Gasteiger partial charge on any atom is 0.226 e. The smallest absolute Gasteiger partial charge is 0.226 e. The molecule has 0 amide bonds. The largest absolute Gasteiger partial charge is 0.399 e. The second kappa shape index (κ2) is 6.76. The third kappa shape index (κ3) is 3.39. The number of nitrogens with two attached hydrogens (primary N) is 2. The van der Waals surface area contributed by atoms with Gasteiger partial charge in [-0.15, -0.1) is 0 Å². The zero-order valence-corrected chi connectivity index (χ0v) is 14.8. The number of nitrogens with zero attached hydrogens (tertiary/aromatic N) is 4. The number of hydrogen-bond donors (Lipinski definition) is 3. The summed E-state index contributed by atoms with van der Waals surface area (Å²) in [6, 6.07) is 11.8. The van der Waals surface area contributed by atoms with Crippen LogP contribution in [-0.2, 0) is 0 Å². The number of nitrogen functional groups attached to an aromatic ring is 2. The Morgan fingerprint density at radius 3 is 2.62 bits per heavy atom. The maximum atomic E-state index is 6.14. The molecule has 3 heterocycles. The van der Waals surface area contributed by atoms with E-state index in [9.17, 15) is 0 Å². The van der Waals surface area contributed by atoms with E-state index in [1.165, 1.54) is 0 Å². The predicted molar refractivity (Wildman–Crippen MR) is 106 cm³/mol. The number of nitrogens with one attached hydrogen (secondary N) is 1. The lowest BCUT2D eigenvalue weighted by Crippen LogP contribution is -2.37. The molecule has 1 aliphatic rings. The average Bonchev–Trinajstić information content (AvgIpc) is 2.63. The predicted octanol–water partition coefficient (Wildman–Crippen LogP) is 2.36. The van der Waals surface area contributed by atoms with Gasteiger partial charge in [0.25, 0.3) is 0 Å². The van der Waals surface area contributed by atoms with Crippen LogP contribution in [0, 0.1) is 0 Å². The van der Waals surface area contributed by atoms with Crippen molar-refractivity contribution >= 4 is 28.5 Å². The molecule has 2 aromatic heterocycles. The zero-order valence-electron chi connectivity index (χ0n) is 14.8. The fourth-order valence-electron chi connectivity index (χ4n) is 3.29. The van der Waals surface area contributed by atoms with Crippen molar-refractivity contribution in [1.82, 2.24) is 19.9 Å². The first kappa shape index (κ1) is 16.5. The van der Waals surface area contributed by atoms with Crippen molar-refractivity contribution < 1.29 is 0 Å². The Morgan fingerprint density at radius 1 is 1.04 bits per heavy atom. The van der Waals surface area contributed by atoms with E-state index in [4.69, 9.17) is 11.5 Å². The third-order valence-corrected chi connectivity index (χ3v) is 4.82. The van der Waals surface area contributed by atoms with E-state index < -0.39 is 0 Å². The lowest BCUT2D eigenvalue weighted by atomic mass is 10.1. The van der Waals surface area contributed by atoms with Crippen LogP contribution < -0.4 is 16.8 Å². The van der Waals surface area contributed by atoms with Crippen molar-refractivity contribution in [2.75, 3.05) is 36.9 Å². The quantitative estimate of drug-likeness (QED) is 0.623. The standard InChI is InChI=1S/C19H23N7/c1-26-9-7-14(8-10-26)22-19-24-17(21)15-5-6-16(23-18(15)25-19)12-3-2-4-13(20)11-12/h2-6,11,14H,7-10,20H2,1H3,(H3,21,22,23,24,25). The molecule has 7 heteroatoms. The Morgan fingerprint density at radius 2 is 1.85 bits per heavy atom. The summed E-state index contributed by atoms with van der Waals surface area (Å²) in [4.78, 5) is 16.0. The Labute approximate surface area is 152 Å². The zero-order chi connectivity index (χ0) is 18.1. The molecule has 4 rings (SSSR count). The topological polar surface area (TPSA) is 106 Å². The van der Waals surface area contributed by atoms with E-state index >= 15 is 0 Å². The van der Waals surface area contributed by atoms with Gasteiger partial charge in [0.15, 0.2) is 5.65 Å². The first-order valence-corrected chi connectivity index (χ1v) is 8.84. The Kier molecular flexibility index (Phi) is 4.30. The van der Waals surface area contributed by atoms with Crippen LogP contribution in [0.1, 0.15) is 12.8 Å². The number of aromatic nitrogens is 3. The summed E-state index contributed by atoms with van der Waals surface area (Å²) < 4.78 is 0. The van der Waals surface area contributed by atoms with Crippen LogP contribution in [0.15, 0.2) is 36.4 Å². The molecule has 0 atom stereocenters. The minimum atomic E-state index is 0.361. The van der Waals surface area contributed by atoms with E-state index in [0.717, 1.165) is 42.6 Å². The summed E-state index contributed by atoms with van der Waals surface area (Å²) in [5.41, 5.74) is 15.1. The van der Waals surface area contributed by atoms with Crippen molar-refractivity contribution in [2.24, 2.45) is 0 Å². The molecule has 0 bridgehead atoms. The SMILES string of the molecule is CN1CCC(Nc2nc(N)c3ccc(-c4cccc(N)c4)nc3n2)CC1. The Hall–Kier alpha value is -2.93. The van der Waals surface area contributed by atoms with Crippen molar-refractivity contribution in [3.63, 3.8) is 0 Å². The van der Waals surface area contributed by atoms with Crippen molar-refractivity contribution in [2.45, 2.75) is 18.9 Å². The summed E-state index contributed by atoms with van der Waals surface area (Å²) >= 11 is 0. The van der Waals surface area contributed by atoms with Crippen LogP contribution in [0.2, 0.25) is 0 Å². The van der Waals surface area contributed by atoms with E-state index in [1.54, 1.807) is 0 Å². The molecule has 3 aromatic rings. The number of hydrogen-bond acceptors (Lipinski definition) is 7. The normalized spacial score (nSPS) is 16.0. The fraction of sp³-hybridized carbons (Fsp3) is 0.316. The molecule has 26 heavy (non-hydrogen) atoms. The molecule has 0 aliphatic carbocycles. The molecule has 7 nitrogen and oxygen atoms in total. The van der Waals surface area contributed by atoms with Crippen molar-refractivity contribution in [1.29, 1.82) is 0 Å². The molecule has 134 valence electrons. The van der Waals surface area contributed by atoms with Gasteiger partial charge in [0.1, 0.15) is 5.82 Å². The van der Waals surface area contributed by atoms with Crippen LogP contribution in [0.5, 0.6) is 0 Å². The average molecular weight is 349 g/mol. The molecule has 0 unspecified atom stereocenters. The number of piperidine rings is 1. The van der Waals surface area contributed by atoms with E-state index in [-0.39, 0.29) is 0 Å². The third-order valence-electron chi connectivity index (χ3n) is 4.82. The van der Waals surface area contributed by atoms with Gasteiger partial charge in [-0.2, -0.15) is 9.97 Å². The summed E-state index contributed by atoms with van der Waals surface area (Å²) in [7, 11) is 2.14. The van der Waals surface area contributed by atoms with E-state index in [2.05, 4.69) is 32.2 Å². The highest BCUT2D eigenvalue weighted by Crippen LogP contribution is 2.25. The van der Waals surface area contributed by atoms with Gasteiger partial charge in [-0.1, -0.05) is 12.1 Å². The van der Waals surface area contributed by atoms with Gasteiger partial charge in [-0.3, -0.25) is 0 Å². The van der Waals surface area contributed by atoms with Gasteiger partial charge in [0.05, 0.1) is 11.1 Å². The minimum absolute atomic E-state index is 0.361. The summed E-state index contributed by atoms with van der Waals surface area (Å²) in [5.74, 6) is 0.985. The van der Waals surface area contributed by atoms with Gasteiger partial charge in [0.2, 0.25) is 5.95 Å². The van der Waals surface area contributed by atoms with Gasteiger partial charge < -0.3 is 21.7 Å². The second-order valence-electron chi connectivity index (χ2n) is 6.85. The molecule has 0 radical (unpaired) electrons. The minimum Gasteiger partial charge on any atom is -0.399 e. The molecular formula is C19H23N7. The van der Waals surface area contributed by atoms with Crippen molar-refractivity contribution in [3.8, 4) is 11.3 Å². The molecular weight excluding hydrogens is 326 g/mol. The van der Waals surface area contributed by atoms with Crippen LogP contribution in [-0.4, -0.2) is 46.0 Å². The van der Waals surface area contributed by atoms with Crippen LogP contribution >= 0.6 is 0 Å². The van der Waals surface area contributed by atoms with E-state index in [0.29, 0.717) is 29.1 Å².